The van der Waals surface area contributed by atoms with Crippen molar-refractivity contribution in [2.45, 2.75) is 31.8 Å². The summed E-state index contributed by atoms with van der Waals surface area (Å²) in [5.41, 5.74) is 1.27. The van der Waals surface area contributed by atoms with Gasteiger partial charge in [0.2, 0.25) is 0 Å². The Morgan fingerprint density at radius 2 is 2.00 bits per heavy atom. The van der Waals surface area contributed by atoms with Crippen LogP contribution >= 0.6 is 11.6 Å². The molecule has 1 saturated carbocycles. The van der Waals surface area contributed by atoms with E-state index in [2.05, 4.69) is 17.4 Å². The molecule has 2 nitrogen and oxygen atoms in total. The number of hydrogen-bond donors (Lipinski definition) is 2. The van der Waals surface area contributed by atoms with Crippen LogP contribution in [0.1, 0.15) is 31.4 Å². The third-order valence-corrected chi connectivity index (χ3v) is 3.31. The fourth-order valence-electron chi connectivity index (χ4n) is 1.96. The number of nitrogens with one attached hydrogen (secondary N) is 1. The Kier molecular flexibility index (Phi) is 3.85. The first kappa shape index (κ1) is 11.9. The van der Waals surface area contributed by atoms with Gasteiger partial charge in [0.15, 0.2) is 0 Å². The van der Waals surface area contributed by atoms with Crippen molar-refractivity contribution in [2.24, 2.45) is 5.92 Å². The van der Waals surface area contributed by atoms with Crippen molar-refractivity contribution in [2.75, 3.05) is 6.61 Å². The van der Waals surface area contributed by atoms with Crippen molar-refractivity contribution in [3.8, 4) is 0 Å². The minimum absolute atomic E-state index is 0.140. The Hall–Kier alpha value is -0.570. The summed E-state index contributed by atoms with van der Waals surface area (Å²) in [7, 11) is 0. The normalized spacial score (nSPS) is 19.4. The van der Waals surface area contributed by atoms with E-state index in [-0.39, 0.29) is 12.6 Å². The summed E-state index contributed by atoms with van der Waals surface area (Å²) in [5.74, 6) is 0.718. The zero-order valence-electron chi connectivity index (χ0n) is 9.49. The Morgan fingerprint density at radius 3 is 2.50 bits per heavy atom. The SMILES string of the molecule is CC(CO)NC(c1ccc(Cl)cc1)C1CC1. The monoisotopic (exact) mass is 239 g/mol. The maximum atomic E-state index is 9.09. The third-order valence-electron chi connectivity index (χ3n) is 3.06. The molecule has 1 aromatic carbocycles. The van der Waals surface area contributed by atoms with Gasteiger partial charge in [-0.2, -0.15) is 0 Å². The van der Waals surface area contributed by atoms with Crippen molar-refractivity contribution in [3.05, 3.63) is 34.9 Å². The van der Waals surface area contributed by atoms with Crippen LogP contribution in [-0.2, 0) is 0 Å². The molecule has 0 bridgehead atoms. The average molecular weight is 240 g/mol. The quantitative estimate of drug-likeness (QED) is 0.828. The first-order valence-corrected chi connectivity index (χ1v) is 6.21. The van der Waals surface area contributed by atoms with Crippen molar-refractivity contribution in [1.29, 1.82) is 0 Å². The molecule has 0 spiro atoms. The Labute approximate surface area is 102 Å². The van der Waals surface area contributed by atoms with Crippen LogP contribution in [0.15, 0.2) is 24.3 Å². The van der Waals surface area contributed by atoms with Crippen LogP contribution < -0.4 is 5.32 Å². The standard InChI is InChI=1S/C13H18ClNO/c1-9(8-16)15-13(10-2-3-10)11-4-6-12(14)7-5-11/h4-7,9-10,13,15-16H,2-3,8H2,1H3. The number of rotatable bonds is 5. The molecule has 1 aliphatic carbocycles. The molecular weight excluding hydrogens is 222 g/mol. The van der Waals surface area contributed by atoms with Crippen molar-refractivity contribution in [1.82, 2.24) is 5.32 Å². The molecule has 0 heterocycles. The van der Waals surface area contributed by atoms with Crippen LogP contribution in [0.25, 0.3) is 0 Å². The van der Waals surface area contributed by atoms with Gasteiger partial charge in [-0.3, -0.25) is 0 Å². The molecule has 2 N–H and O–H groups in total. The molecule has 2 unspecified atom stereocenters. The van der Waals surface area contributed by atoms with Crippen LogP contribution in [0, 0.1) is 5.92 Å². The number of hydrogen-bond acceptors (Lipinski definition) is 2. The maximum Gasteiger partial charge on any atom is 0.0582 e. The molecule has 1 aliphatic rings. The molecule has 3 heteroatoms. The topological polar surface area (TPSA) is 32.3 Å². The lowest BCUT2D eigenvalue weighted by atomic mass is 10.0. The fourth-order valence-corrected chi connectivity index (χ4v) is 2.09. The Morgan fingerprint density at radius 1 is 1.38 bits per heavy atom. The Balaban J connectivity index is 2.09. The lowest BCUT2D eigenvalue weighted by Gasteiger charge is -2.22. The molecule has 2 atom stereocenters. The van der Waals surface area contributed by atoms with Crippen LogP contribution in [0.2, 0.25) is 5.02 Å². The minimum atomic E-state index is 0.140. The molecule has 2 rings (SSSR count). The average Bonchev–Trinajstić information content (AvgIpc) is 3.11. The molecular formula is C13H18ClNO. The van der Waals surface area contributed by atoms with Gasteiger partial charge in [-0.25, -0.2) is 0 Å². The highest BCUT2D eigenvalue weighted by Crippen LogP contribution is 2.41. The second-order valence-corrected chi connectivity index (χ2v) is 5.05. The number of halogens is 1. The van der Waals surface area contributed by atoms with E-state index in [9.17, 15) is 0 Å². The minimum Gasteiger partial charge on any atom is -0.395 e. The Bertz CT molecular complexity index is 334. The lowest BCUT2D eigenvalue weighted by molar-refractivity contribution is 0.236. The van der Waals surface area contributed by atoms with Gasteiger partial charge in [0.05, 0.1) is 6.61 Å². The van der Waals surface area contributed by atoms with Crippen LogP contribution in [0.3, 0.4) is 0 Å². The van der Waals surface area contributed by atoms with Crippen LogP contribution in [0.4, 0.5) is 0 Å². The largest absolute Gasteiger partial charge is 0.395 e. The summed E-state index contributed by atoms with van der Waals surface area (Å²) < 4.78 is 0. The second-order valence-electron chi connectivity index (χ2n) is 4.62. The summed E-state index contributed by atoms with van der Waals surface area (Å²) in [6.07, 6.45) is 2.55. The van der Waals surface area contributed by atoms with Crippen LogP contribution in [-0.4, -0.2) is 17.8 Å². The predicted octanol–water partition coefficient (Wildman–Crippen LogP) is 2.76. The highest BCUT2D eigenvalue weighted by molar-refractivity contribution is 6.30. The molecule has 1 fully saturated rings. The van der Waals surface area contributed by atoms with Gasteiger partial charge in [0.1, 0.15) is 0 Å². The molecule has 0 saturated heterocycles. The molecule has 16 heavy (non-hydrogen) atoms. The van der Waals surface area contributed by atoms with Gasteiger partial charge >= 0.3 is 0 Å². The molecule has 0 aromatic heterocycles. The van der Waals surface area contributed by atoms with E-state index in [4.69, 9.17) is 16.7 Å². The van der Waals surface area contributed by atoms with E-state index in [0.717, 1.165) is 10.9 Å². The molecule has 0 radical (unpaired) electrons. The molecule has 0 aliphatic heterocycles. The zero-order valence-corrected chi connectivity index (χ0v) is 10.2. The van der Waals surface area contributed by atoms with Gasteiger partial charge in [-0.05, 0) is 43.4 Å². The van der Waals surface area contributed by atoms with Crippen molar-refractivity contribution < 1.29 is 5.11 Å². The van der Waals surface area contributed by atoms with Gasteiger partial charge < -0.3 is 10.4 Å². The zero-order chi connectivity index (χ0) is 11.5. The third kappa shape index (κ3) is 2.97. The summed E-state index contributed by atoms with van der Waals surface area (Å²) in [6.45, 7) is 2.18. The summed E-state index contributed by atoms with van der Waals surface area (Å²) in [5, 5.41) is 13.3. The van der Waals surface area contributed by atoms with E-state index in [1.807, 2.05) is 19.1 Å². The smallest absolute Gasteiger partial charge is 0.0582 e. The van der Waals surface area contributed by atoms with E-state index in [0.29, 0.717) is 6.04 Å². The van der Waals surface area contributed by atoms with Crippen LogP contribution in [0.5, 0.6) is 0 Å². The number of benzene rings is 1. The first-order chi connectivity index (χ1) is 7.70. The number of aliphatic hydroxyl groups excluding tert-OH is 1. The van der Waals surface area contributed by atoms with Gasteiger partial charge in [0.25, 0.3) is 0 Å². The highest BCUT2D eigenvalue weighted by atomic mass is 35.5. The van der Waals surface area contributed by atoms with Crippen molar-refractivity contribution >= 4 is 11.6 Å². The predicted molar refractivity (Wildman–Crippen MR) is 66.6 cm³/mol. The van der Waals surface area contributed by atoms with E-state index >= 15 is 0 Å². The van der Waals surface area contributed by atoms with Gasteiger partial charge in [0, 0.05) is 17.1 Å². The van der Waals surface area contributed by atoms with E-state index in [1.54, 1.807) is 0 Å². The molecule has 1 aromatic rings. The first-order valence-electron chi connectivity index (χ1n) is 5.83. The summed E-state index contributed by atoms with van der Waals surface area (Å²) in [4.78, 5) is 0. The van der Waals surface area contributed by atoms with Crippen molar-refractivity contribution in [3.63, 3.8) is 0 Å². The highest BCUT2D eigenvalue weighted by Gasteiger charge is 2.32. The lowest BCUT2D eigenvalue weighted by Crippen LogP contribution is -2.34. The fraction of sp³-hybridized carbons (Fsp3) is 0.538. The second kappa shape index (κ2) is 5.17. The van der Waals surface area contributed by atoms with E-state index < -0.39 is 0 Å². The maximum absolute atomic E-state index is 9.09. The summed E-state index contributed by atoms with van der Waals surface area (Å²) >= 11 is 5.88. The molecule has 0 amide bonds. The van der Waals surface area contributed by atoms with Gasteiger partial charge in [-0.1, -0.05) is 23.7 Å². The molecule has 88 valence electrons. The van der Waals surface area contributed by atoms with Gasteiger partial charge in [-0.15, -0.1) is 0 Å². The number of aliphatic hydroxyl groups is 1. The summed E-state index contributed by atoms with van der Waals surface area (Å²) in [6, 6.07) is 8.50. The van der Waals surface area contributed by atoms with E-state index in [1.165, 1.54) is 18.4 Å².